The van der Waals surface area contributed by atoms with Crippen LogP contribution in [0.4, 0.5) is 9.59 Å². The molecule has 1 atom stereocenters. The lowest BCUT2D eigenvalue weighted by atomic mass is 10.1. The number of carbonyl (C=O) groups excluding carboxylic acids is 4. The molecule has 0 aliphatic heterocycles. The van der Waals surface area contributed by atoms with Crippen LogP contribution in [0.2, 0.25) is 0 Å². The van der Waals surface area contributed by atoms with Crippen LogP contribution in [0, 0.1) is 5.92 Å². The molecule has 13 nitrogen and oxygen atoms in total. The molecule has 44 heavy (non-hydrogen) atoms. The highest BCUT2D eigenvalue weighted by molar-refractivity contribution is 7.53. The zero-order valence-electron chi connectivity index (χ0n) is 25.2. The Bertz CT molecular complexity index is 1190. The molecule has 0 radical (unpaired) electrons. The molecule has 0 aliphatic rings. The van der Waals surface area contributed by atoms with E-state index in [1.54, 1.807) is 82.3 Å². The summed E-state index contributed by atoms with van der Waals surface area (Å²) in [6.07, 6.45) is -4.16. The summed E-state index contributed by atoms with van der Waals surface area (Å²) in [5.74, 6) is -2.60. The molecule has 2 rings (SSSR count). The van der Waals surface area contributed by atoms with Crippen LogP contribution in [0.3, 0.4) is 0 Å². The Hall–Kier alpha value is -3.93. The van der Waals surface area contributed by atoms with Crippen molar-refractivity contribution in [3.8, 4) is 0 Å². The van der Waals surface area contributed by atoms with Gasteiger partial charge in [0.05, 0.1) is 24.3 Å². The van der Waals surface area contributed by atoms with E-state index in [1.807, 2.05) is 6.07 Å². The minimum Gasteiger partial charge on any atom is -0.461 e. The standard InChI is InChI=1S/C30H39O13P/c1-22(2)42-29(33)38-20-40-44(35,41-21-39-30(34)43-23(3)4)19-26(28(32)37-18-25-13-9-6-10-14-25)15-16-27(31)36-17-24-11-7-5-8-12-24/h5-14,22-23,26H,15-21H2,1-4H3. The Morgan fingerprint density at radius 1 is 0.659 bits per heavy atom. The molecular weight excluding hydrogens is 599 g/mol. The summed E-state index contributed by atoms with van der Waals surface area (Å²) in [6.45, 7) is 4.59. The lowest BCUT2D eigenvalue weighted by Crippen LogP contribution is -2.25. The van der Waals surface area contributed by atoms with Crippen molar-refractivity contribution in [2.24, 2.45) is 5.92 Å². The Labute approximate surface area is 256 Å². The number of carbonyl (C=O) groups is 4. The zero-order valence-corrected chi connectivity index (χ0v) is 26.1. The number of benzene rings is 2. The molecule has 0 aliphatic carbocycles. The molecule has 1 unspecified atom stereocenters. The lowest BCUT2D eigenvalue weighted by Gasteiger charge is -2.23. The smallest absolute Gasteiger partial charge is 0.461 e. The van der Waals surface area contributed by atoms with Gasteiger partial charge in [0, 0.05) is 6.42 Å². The number of hydrogen-bond donors (Lipinski definition) is 0. The van der Waals surface area contributed by atoms with E-state index in [4.69, 9.17) is 37.5 Å². The Kier molecular flexibility index (Phi) is 16.0. The van der Waals surface area contributed by atoms with Gasteiger partial charge >= 0.3 is 31.8 Å². The van der Waals surface area contributed by atoms with Gasteiger partial charge in [0.15, 0.2) is 0 Å². The number of esters is 2. The van der Waals surface area contributed by atoms with E-state index in [-0.39, 0.29) is 26.1 Å². The van der Waals surface area contributed by atoms with E-state index < -0.39 is 69.7 Å². The average Bonchev–Trinajstić information content (AvgIpc) is 2.97. The first kappa shape index (κ1) is 36.3. The van der Waals surface area contributed by atoms with E-state index >= 15 is 0 Å². The van der Waals surface area contributed by atoms with Gasteiger partial charge in [-0.1, -0.05) is 60.7 Å². The second-order valence-electron chi connectivity index (χ2n) is 9.88. The highest BCUT2D eigenvalue weighted by Gasteiger charge is 2.35. The minimum atomic E-state index is -4.35. The maximum absolute atomic E-state index is 13.7. The molecule has 0 aromatic heterocycles. The highest BCUT2D eigenvalue weighted by atomic mass is 31.2. The molecule has 0 heterocycles. The monoisotopic (exact) mass is 638 g/mol. The number of hydrogen-bond acceptors (Lipinski definition) is 13. The van der Waals surface area contributed by atoms with E-state index in [0.29, 0.717) is 5.56 Å². The molecule has 0 saturated carbocycles. The fraction of sp³-hybridized carbons (Fsp3) is 0.467. The maximum Gasteiger partial charge on any atom is 0.510 e. The highest BCUT2D eigenvalue weighted by Crippen LogP contribution is 2.50. The van der Waals surface area contributed by atoms with Crippen molar-refractivity contribution in [2.75, 3.05) is 19.7 Å². The predicted octanol–water partition coefficient (Wildman–Crippen LogP) is 6.13. The first-order chi connectivity index (χ1) is 21.0. The SMILES string of the molecule is CC(C)OC(=O)OCOP(=O)(CC(CCC(=O)OCc1ccccc1)C(=O)OCc1ccccc1)OCOC(=O)OC(C)C. The molecular formula is C30H39O13P. The third-order valence-corrected chi connectivity index (χ3v) is 7.34. The van der Waals surface area contributed by atoms with E-state index in [0.717, 1.165) is 5.56 Å². The van der Waals surface area contributed by atoms with Gasteiger partial charge in [-0.05, 0) is 45.2 Å². The molecule has 2 aromatic carbocycles. The van der Waals surface area contributed by atoms with Gasteiger partial charge in [0.25, 0.3) is 0 Å². The van der Waals surface area contributed by atoms with Crippen LogP contribution in [0.25, 0.3) is 0 Å². The quantitative estimate of drug-likeness (QED) is 0.0794. The lowest BCUT2D eigenvalue weighted by molar-refractivity contribution is -0.150. The van der Waals surface area contributed by atoms with Crippen molar-refractivity contribution in [3.05, 3.63) is 71.8 Å². The van der Waals surface area contributed by atoms with Gasteiger partial charge in [-0.2, -0.15) is 0 Å². The summed E-state index contributed by atoms with van der Waals surface area (Å²) >= 11 is 0. The van der Waals surface area contributed by atoms with Gasteiger partial charge in [-0.15, -0.1) is 0 Å². The van der Waals surface area contributed by atoms with Crippen LogP contribution in [0.15, 0.2) is 60.7 Å². The molecule has 0 bridgehead atoms. The van der Waals surface area contributed by atoms with Crippen LogP contribution in [-0.2, 0) is 64.8 Å². The molecule has 0 spiro atoms. The molecule has 0 saturated heterocycles. The first-order valence-corrected chi connectivity index (χ1v) is 15.6. The van der Waals surface area contributed by atoms with Crippen molar-refractivity contribution in [3.63, 3.8) is 0 Å². The molecule has 0 N–H and O–H groups in total. The van der Waals surface area contributed by atoms with Gasteiger partial charge in [0.1, 0.15) is 13.2 Å². The van der Waals surface area contributed by atoms with Crippen molar-refractivity contribution < 1.29 is 61.2 Å². The maximum atomic E-state index is 13.7. The third kappa shape index (κ3) is 15.5. The van der Waals surface area contributed by atoms with Crippen LogP contribution < -0.4 is 0 Å². The van der Waals surface area contributed by atoms with Gasteiger partial charge in [-0.3, -0.25) is 23.2 Å². The summed E-state index contributed by atoms with van der Waals surface area (Å²) in [5, 5.41) is 0. The number of ether oxygens (including phenoxy) is 6. The largest absolute Gasteiger partial charge is 0.510 e. The third-order valence-electron chi connectivity index (χ3n) is 5.46. The topological polar surface area (TPSA) is 159 Å². The molecule has 14 heteroatoms. The molecule has 0 fully saturated rings. The second kappa shape index (κ2) is 19.4. The second-order valence-corrected chi connectivity index (χ2v) is 12.0. The predicted molar refractivity (Wildman–Crippen MR) is 155 cm³/mol. The van der Waals surface area contributed by atoms with Crippen molar-refractivity contribution in [1.82, 2.24) is 0 Å². The van der Waals surface area contributed by atoms with Gasteiger partial charge in [0.2, 0.25) is 13.6 Å². The van der Waals surface area contributed by atoms with Crippen LogP contribution in [-0.4, -0.2) is 56.2 Å². The van der Waals surface area contributed by atoms with Crippen molar-refractivity contribution in [2.45, 2.75) is 66.0 Å². The van der Waals surface area contributed by atoms with Gasteiger partial charge in [-0.25, -0.2) is 9.59 Å². The van der Waals surface area contributed by atoms with Crippen LogP contribution in [0.1, 0.15) is 51.7 Å². The first-order valence-electron chi connectivity index (χ1n) is 13.9. The van der Waals surface area contributed by atoms with Crippen molar-refractivity contribution in [1.29, 1.82) is 0 Å². The molecule has 0 amide bonds. The molecule has 242 valence electrons. The minimum absolute atomic E-state index is 0.0289. The van der Waals surface area contributed by atoms with E-state index in [9.17, 15) is 23.7 Å². The Morgan fingerprint density at radius 2 is 1.11 bits per heavy atom. The van der Waals surface area contributed by atoms with E-state index in [2.05, 4.69) is 0 Å². The van der Waals surface area contributed by atoms with E-state index in [1.165, 1.54) is 0 Å². The summed E-state index contributed by atoms with van der Waals surface area (Å²) in [6, 6.07) is 17.9. The normalized spacial score (nSPS) is 11.9. The summed E-state index contributed by atoms with van der Waals surface area (Å²) in [5.41, 5.74) is 1.48. The van der Waals surface area contributed by atoms with Gasteiger partial charge < -0.3 is 28.4 Å². The fourth-order valence-electron chi connectivity index (χ4n) is 3.41. The summed E-state index contributed by atoms with van der Waals surface area (Å²) in [4.78, 5) is 49.2. The summed E-state index contributed by atoms with van der Waals surface area (Å²) < 4.78 is 54.2. The zero-order chi connectivity index (χ0) is 32.4. The Morgan fingerprint density at radius 3 is 1.57 bits per heavy atom. The number of rotatable bonds is 18. The van der Waals surface area contributed by atoms with Crippen LogP contribution >= 0.6 is 7.60 Å². The average molecular weight is 639 g/mol. The molecule has 2 aromatic rings. The van der Waals surface area contributed by atoms with Crippen LogP contribution in [0.5, 0.6) is 0 Å². The van der Waals surface area contributed by atoms with Crippen molar-refractivity contribution >= 4 is 31.8 Å². The Balaban J connectivity index is 2.13. The summed E-state index contributed by atoms with van der Waals surface area (Å²) in [7, 11) is -4.35. The fourth-order valence-corrected chi connectivity index (χ4v) is 4.99.